The summed E-state index contributed by atoms with van der Waals surface area (Å²) in [4.78, 5) is 24.6. The van der Waals surface area contributed by atoms with E-state index in [4.69, 9.17) is 4.74 Å². The average Bonchev–Trinajstić information content (AvgIpc) is 2.72. The number of ether oxygens (including phenoxy) is 1. The maximum absolute atomic E-state index is 12.6. The van der Waals surface area contributed by atoms with Crippen molar-refractivity contribution in [3.63, 3.8) is 0 Å². The Morgan fingerprint density at radius 2 is 1.68 bits per heavy atom. The molecule has 3 aromatic carbocycles. The summed E-state index contributed by atoms with van der Waals surface area (Å²) >= 11 is 0. The van der Waals surface area contributed by atoms with Crippen LogP contribution in [0.3, 0.4) is 0 Å². The highest BCUT2D eigenvalue weighted by molar-refractivity contribution is 6.00. The van der Waals surface area contributed by atoms with Crippen LogP contribution in [-0.2, 0) is 9.53 Å². The molecule has 0 saturated heterocycles. The van der Waals surface area contributed by atoms with Crippen LogP contribution in [0.2, 0.25) is 0 Å². The third-order valence-corrected chi connectivity index (χ3v) is 4.12. The van der Waals surface area contributed by atoms with Crippen molar-refractivity contribution in [1.82, 2.24) is 0 Å². The summed E-state index contributed by atoms with van der Waals surface area (Å²) in [5.74, 6) is -1.04. The van der Waals surface area contributed by atoms with Crippen molar-refractivity contribution < 1.29 is 14.3 Å². The van der Waals surface area contributed by atoms with Crippen LogP contribution in [0.15, 0.2) is 72.8 Å². The Kier molecular flexibility index (Phi) is 5.83. The van der Waals surface area contributed by atoms with E-state index >= 15 is 0 Å². The van der Waals surface area contributed by atoms with Crippen LogP contribution in [0, 0.1) is 18.3 Å². The zero-order chi connectivity index (χ0) is 19.9. The smallest absolute Gasteiger partial charge is 0.339 e. The number of benzene rings is 3. The number of hydrogen-bond acceptors (Lipinski definition) is 4. The summed E-state index contributed by atoms with van der Waals surface area (Å²) in [6, 6.07) is 23.4. The number of hydrogen-bond donors (Lipinski definition) is 1. The number of amides is 1. The lowest BCUT2D eigenvalue weighted by Crippen LogP contribution is -2.21. The number of nitrogens with zero attached hydrogens (tertiary/aromatic N) is 1. The van der Waals surface area contributed by atoms with Crippen molar-refractivity contribution in [2.75, 3.05) is 11.9 Å². The first kappa shape index (κ1) is 18.9. The van der Waals surface area contributed by atoms with Gasteiger partial charge >= 0.3 is 5.97 Å². The summed E-state index contributed by atoms with van der Waals surface area (Å²) in [7, 11) is 0. The number of nitrogens with one attached hydrogen (secondary N) is 1. The summed E-state index contributed by atoms with van der Waals surface area (Å²) in [6.07, 6.45) is 0. The standard InChI is InChI=1S/C23H18N2O3/c1-16-7-6-9-18(13-16)25-22(26)15-28-23(27)21-12-5-4-11-20(21)19-10-3-2-8-17(19)14-24/h2-13H,15H2,1H3,(H,25,26). The van der Waals surface area contributed by atoms with Crippen molar-refractivity contribution >= 4 is 17.6 Å². The van der Waals surface area contributed by atoms with Crippen LogP contribution >= 0.6 is 0 Å². The van der Waals surface area contributed by atoms with E-state index in [9.17, 15) is 14.9 Å². The number of aryl methyl sites for hydroxylation is 1. The zero-order valence-electron chi connectivity index (χ0n) is 15.3. The first-order valence-electron chi connectivity index (χ1n) is 8.70. The van der Waals surface area contributed by atoms with Gasteiger partial charge in [-0.1, -0.05) is 48.5 Å². The monoisotopic (exact) mass is 370 g/mol. The molecule has 0 aliphatic rings. The van der Waals surface area contributed by atoms with E-state index in [2.05, 4.69) is 11.4 Å². The predicted octanol–water partition coefficient (Wildman–Crippen LogP) is 4.33. The fraction of sp³-hybridized carbons (Fsp3) is 0.0870. The molecule has 0 bridgehead atoms. The van der Waals surface area contributed by atoms with Crippen molar-refractivity contribution in [2.24, 2.45) is 0 Å². The molecule has 138 valence electrons. The fourth-order valence-electron chi connectivity index (χ4n) is 2.84. The van der Waals surface area contributed by atoms with Gasteiger partial charge in [0.2, 0.25) is 0 Å². The van der Waals surface area contributed by atoms with Crippen LogP contribution < -0.4 is 5.32 Å². The molecule has 5 heteroatoms. The third-order valence-electron chi connectivity index (χ3n) is 4.12. The van der Waals surface area contributed by atoms with Gasteiger partial charge in [-0.2, -0.15) is 5.26 Å². The number of rotatable bonds is 5. The lowest BCUT2D eigenvalue weighted by Gasteiger charge is -2.11. The first-order valence-corrected chi connectivity index (χ1v) is 8.70. The van der Waals surface area contributed by atoms with Gasteiger partial charge in [-0.05, 0) is 42.3 Å². The van der Waals surface area contributed by atoms with Crippen LogP contribution in [0.1, 0.15) is 21.5 Å². The Labute approximate surface area is 163 Å². The van der Waals surface area contributed by atoms with Gasteiger partial charge in [0, 0.05) is 11.3 Å². The Morgan fingerprint density at radius 1 is 0.964 bits per heavy atom. The van der Waals surface area contributed by atoms with E-state index in [0.717, 1.165) is 5.56 Å². The molecule has 3 aromatic rings. The van der Waals surface area contributed by atoms with Crippen molar-refractivity contribution in [1.29, 1.82) is 5.26 Å². The van der Waals surface area contributed by atoms with E-state index in [-0.39, 0.29) is 0 Å². The lowest BCUT2D eigenvalue weighted by atomic mass is 9.96. The van der Waals surface area contributed by atoms with Gasteiger partial charge in [0.25, 0.3) is 5.91 Å². The highest BCUT2D eigenvalue weighted by Gasteiger charge is 2.17. The normalized spacial score (nSPS) is 10.0. The minimum absolute atomic E-state index is 0.300. The number of anilines is 1. The first-order chi connectivity index (χ1) is 13.6. The molecule has 0 saturated carbocycles. The second-order valence-electron chi connectivity index (χ2n) is 6.20. The van der Waals surface area contributed by atoms with Gasteiger partial charge in [-0.25, -0.2) is 4.79 Å². The quantitative estimate of drug-likeness (QED) is 0.678. The molecule has 28 heavy (non-hydrogen) atoms. The van der Waals surface area contributed by atoms with Gasteiger partial charge in [0.05, 0.1) is 17.2 Å². The summed E-state index contributed by atoms with van der Waals surface area (Å²) in [5, 5.41) is 12.0. The highest BCUT2D eigenvalue weighted by Crippen LogP contribution is 2.27. The summed E-state index contributed by atoms with van der Waals surface area (Å²) < 4.78 is 5.19. The molecule has 0 aromatic heterocycles. The molecular formula is C23H18N2O3. The van der Waals surface area contributed by atoms with Gasteiger partial charge in [-0.15, -0.1) is 0 Å². The largest absolute Gasteiger partial charge is 0.452 e. The fourth-order valence-corrected chi connectivity index (χ4v) is 2.84. The van der Waals surface area contributed by atoms with E-state index in [0.29, 0.717) is 27.9 Å². The molecular weight excluding hydrogens is 352 g/mol. The van der Waals surface area contributed by atoms with Gasteiger partial charge in [0.1, 0.15) is 0 Å². The Morgan fingerprint density at radius 3 is 2.43 bits per heavy atom. The molecule has 0 fully saturated rings. The SMILES string of the molecule is Cc1cccc(NC(=O)COC(=O)c2ccccc2-c2ccccc2C#N)c1. The van der Waals surface area contributed by atoms with Crippen LogP contribution in [-0.4, -0.2) is 18.5 Å². The Bertz CT molecular complexity index is 1070. The van der Waals surface area contributed by atoms with Gasteiger partial charge in [0.15, 0.2) is 6.61 Å². The van der Waals surface area contributed by atoms with Crippen molar-refractivity contribution in [3.8, 4) is 17.2 Å². The van der Waals surface area contributed by atoms with Gasteiger partial charge in [-0.3, -0.25) is 4.79 Å². The minimum Gasteiger partial charge on any atom is -0.452 e. The number of esters is 1. The molecule has 0 radical (unpaired) electrons. The third kappa shape index (κ3) is 4.43. The Balaban J connectivity index is 1.73. The highest BCUT2D eigenvalue weighted by atomic mass is 16.5. The van der Waals surface area contributed by atoms with E-state index in [1.165, 1.54) is 0 Å². The lowest BCUT2D eigenvalue weighted by molar-refractivity contribution is -0.119. The second kappa shape index (κ2) is 8.65. The van der Waals surface area contributed by atoms with Crippen LogP contribution in [0.4, 0.5) is 5.69 Å². The van der Waals surface area contributed by atoms with Crippen LogP contribution in [0.5, 0.6) is 0 Å². The molecule has 3 rings (SSSR count). The molecule has 0 spiro atoms. The maximum atomic E-state index is 12.6. The number of carbonyl (C=O) groups is 2. The Hall–Kier alpha value is -3.91. The molecule has 1 N–H and O–H groups in total. The molecule has 0 unspecified atom stereocenters. The molecule has 0 aliphatic carbocycles. The molecule has 1 amide bonds. The average molecular weight is 370 g/mol. The van der Waals surface area contributed by atoms with E-state index in [1.54, 1.807) is 54.6 Å². The molecule has 5 nitrogen and oxygen atoms in total. The maximum Gasteiger partial charge on any atom is 0.339 e. The van der Waals surface area contributed by atoms with Gasteiger partial charge < -0.3 is 10.1 Å². The minimum atomic E-state index is -0.622. The van der Waals surface area contributed by atoms with Crippen LogP contribution in [0.25, 0.3) is 11.1 Å². The van der Waals surface area contributed by atoms with E-state index < -0.39 is 18.5 Å². The molecule has 0 atom stereocenters. The topological polar surface area (TPSA) is 79.2 Å². The zero-order valence-corrected chi connectivity index (χ0v) is 15.3. The number of carbonyl (C=O) groups excluding carboxylic acids is 2. The molecule has 0 aliphatic heterocycles. The van der Waals surface area contributed by atoms with Crippen molar-refractivity contribution in [2.45, 2.75) is 6.92 Å². The number of nitriles is 1. The van der Waals surface area contributed by atoms with E-state index in [1.807, 2.05) is 25.1 Å². The summed E-state index contributed by atoms with van der Waals surface area (Å²) in [5.41, 5.74) is 3.64. The molecule has 0 heterocycles. The van der Waals surface area contributed by atoms with Crippen molar-refractivity contribution in [3.05, 3.63) is 89.5 Å². The summed E-state index contributed by atoms with van der Waals surface area (Å²) in [6.45, 7) is 1.52. The second-order valence-corrected chi connectivity index (χ2v) is 6.20. The predicted molar refractivity (Wildman–Crippen MR) is 107 cm³/mol.